The Bertz CT molecular complexity index is 574. The lowest BCUT2D eigenvalue weighted by atomic mass is 10.1. The molecule has 0 unspecified atom stereocenters. The lowest BCUT2D eigenvalue weighted by Gasteiger charge is -2.14. The lowest BCUT2D eigenvalue weighted by Crippen LogP contribution is -2.02. The highest BCUT2D eigenvalue weighted by Gasteiger charge is 2.07. The van der Waals surface area contributed by atoms with Crippen LogP contribution < -0.4 is 10.5 Å². The van der Waals surface area contributed by atoms with Crippen LogP contribution in [0.3, 0.4) is 0 Å². The molecule has 0 heterocycles. The highest BCUT2D eigenvalue weighted by Crippen LogP contribution is 2.26. The summed E-state index contributed by atoms with van der Waals surface area (Å²) < 4.78 is 6.02. The Hall–Kier alpha value is -1.80. The quantitative estimate of drug-likeness (QED) is 0.912. The van der Waals surface area contributed by atoms with E-state index in [9.17, 15) is 0 Å². The molecule has 106 valence electrons. The minimum absolute atomic E-state index is 0.568. The molecule has 0 aliphatic rings. The Morgan fingerprint density at radius 2 is 1.35 bits per heavy atom. The average molecular weight is 269 g/mol. The van der Waals surface area contributed by atoms with Crippen molar-refractivity contribution in [1.82, 2.24) is 0 Å². The molecular formula is C18H23NO. The van der Waals surface area contributed by atoms with Crippen molar-refractivity contribution in [2.75, 3.05) is 0 Å². The maximum absolute atomic E-state index is 6.02. The predicted molar refractivity (Wildman–Crippen MR) is 84.1 cm³/mol. The summed E-state index contributed by atoms with van der Waals surface area (Å²) >= 11 is 0. The summed E-state index contributed by atoms with van der Waals surface area (Å²) in [5, 5.41) is 0. The molecule has 0 aliphatic heterocycles. The fourth-order valence-corrected chi connectivity index (χ4v) is 2.69. The molecule has 0 saturated heterocycles. The van der Waals surface area contributed by atoms with Crippen molar-refractivity contribution in [3.05, 3.63) is 63.7 Å². The third-order valence-electron chi connectivity index (χ3n) is 3.42. The topological polar surface area (TPSA) is 35.2 Å². The van der Waals surface area contributed by atoms with Gasteiger partial charge in [0.15, 0.2) is 0 Å². The number of hydrogen-bond acceptors (Lipinski definition) is 2. The largest absolute Gasteiger partial charge is 0.488 e. The molecule has 0 bridgehead atoms. The number of benzene rings is 2. The van der Waals surface area contributed by atoms with Gasteiger partial charge in [-0.25, -0.2) is 0 Å². The molecule has 2 heteroatoms. The molecule has 2 aromatic rings. The van der Waals surface area contributed by atoms with Gasteiger partial charge in [-0.15, -0.1) is 0 Å². The second-order valence-corrected chi connectivity index (χ2v) is 5.55. The van der Waals surface area contributed by atoms with Crippen molar-refractivity contribution >= 4 is 0 Å². The normalized spacial score (nSPS) is 10.7. The van der Waals surface area contributed by atoms with E-state index in [1.54, 1.807) is 0 Å². The molecule has 2 aromatic carbocycles. The Morgan fingerprint density at radius 1 is 0.800 bits per heavy atom. The Morgan fingerprint density at radius 3 is 1.85 bits per heavy atom. The molecule has 0 fully saturated rings. The van der Waals surface area contributed by atoms with E-state index >= 15 is 0 Å². The summed E-state index contributed by atoms with van der Waals surface area (Å²) in [6.07, 6.45) is 0. The Kier molecular flexibility index (Phi) is 4.46. The number of ether oxygens (including phenoxy) is 1. The van der Waals surface area contributed by atoms with E-state index in [0.29, 0.717) is 13.2 Å². The first-order valence-electron chi connectivity index (χ1n) is 6.99. The summed E-state index contributed by atoms with van der Waals surface area (Å²) in [5.41, 5.74) is 12.9. The van der Waals surface area contributed by atoms with E-state index in [4.69, 9.17) is 10.5 Å². The van der Waals surface area contributed by atoms with E-state index in [1.165, 1.54) is 16.7 Å². The third-order valence-corrected chi connectivity index (χ3v) is 3.42. The molecule has 2 nitrogen and oxygen atoms in total. The number of rotatable bonds is 4. The van der Waals surface area contributed by atoms with Crippen LogP contribution >= 0.6 is 0 Å². The predicted octanol–water partition coefficient (Wildman–Crippen LogP) is 3.96. The number of hydrogen-bond donors (Lipinski definition) is 1. The van der Waals surface area contributed by atoms with E-state index in [2.05, 4.69) is 58.0 Å². The van der Waals surface area contributed by atoms with E-state index in [0.717, 1.165) is 22.4 Å². The molecule has 0 aromatic heterocycles. The molecule has 0 aliphatic carbocycles. The smallest absolute Gasteiger partial charge is 0.125 e. The second-order valence-electron chi connectivity index (χ2n) is 5.55. The van der Waals surface area contributed by atoms with Gasteiger partial charge >= 0.3 is 0 Å². The molecule has 2 rings (SSSR count). The summed E-state index contributed by atoms with van der Waals surface area (Å²) in [6, 6.07) is 10.7. The Balaban J connectivity index is 2.18. The van der Waals surface area contributed by atoms with Gasteiger partial charge in [0.1, 0.15) is 12.4 Å². The van der Waals surface area contributed by atoms with Gasteiger partial charge in [-0.2, -0.15) is 0 Å². The van der Waals surface area contributed by atoms with Gasteiger partial charge in [-0.1, -0.05) is 41.5 Å². The first kappa shape index (κ1) is 14.6. The molecule has 20 heavy (non-hydrogen) atoms. The van der Waals surface area contributed by atoms with Crippen LogP contribution in [-0.2, 0) is 13.2 Å². The van der Waals surface area contributed by atoms with Gasteiger partial charge < -0.3 is 10.5 Å². The molecule has 0 radical (unpaired) electrons. The minimum atomic E-state index is 0.568. The van der Waals surface area contributed by atoms with Crippen LogP contribution in [0.15, 0.2) is 30.3 Å². The van der Waals surface area contributed by atoms with Crippen molar-refractivity contribution in [3.8, 4) is 5.75 Å². The zero-order valence-corrected chi connectivity index (χ0v) is 12.8. The highest BCUT2D eigenvalue weighted by atomic mass is 16.5. The zero-order valence-electron chi connectivity index (χ0n) is 12.8. The third kappa shape index (κ3) is 3.40. The van der Waals surface area contributed by atoms with Gasteiger partial charge in [-0.05, 0) is 49.9 Å². The molecule has 0 saturated carbocycles. The van der Waals surface area contributed by atoms with Crippen LogP contribution in [0.25, 0.3) is 0 Å². The van der Waals surface area contributed by atoms with Crippen LogP contribution in [-0.4, -0.2) is 0 Å². The SMILES string of the molecule is Cc1cc(C)cc(COc2c(C)cc(CN)cc2C)c1. The summed E-state index contributed by atoms with van der Waals surface area (Å²) in [4.78, 5) is 0. The first-order valence-corrected chi connectivity index (χ1v) is 6.99. The maximum atomic E-state index is 6.02. The van der Waals surface area contributed by atoms with Gasteiger partial charge in [0, 0.05) is 6.54 Å². The average Bonchev–Trinajstić information content (AvgIpc) is 2.36. The molecule has 0 amide bonds. The minimum Gasteiger partial charge on any atom is -0.488 e. The van der Waals surface area contributed by atoms with E-state index in [-0.39, 0.29) is 0 Å². The monoisotopic (exact) mass is 269 g/mol. The van der Waals surface area contributed by atoms with Crippen molar-refractivity contribution < 1.29 is 4.74 Å². The van der Waals surface area contributed by atoms with Crippen LogP contribution in [0.4, 0.5) is 0 Å². The highest BCUT2D eigenvalue weighted by molar-refractivity contribution is 5.43. The van der Waals surface area contributed by atoms with Crippen molar-refractivity contribution in [1.29, 1.82) is 0 Å². The van der Waals surface area contributed by atoms with Crippen LogP contribution in [0.2, 0.25) is 0 Å². The summed E-state index contributed by atoms with van der Waals surface area (Å²) in [5.74, 6) is 0.973. The number of aryl methyl sites for hydroxylation is 4. The molecular weight excluding hydrogens is 246 g/mol. The second kappa shape index (κ2) is 6.10. The van der Waals surface area contributed by atoms with Gasteiger partial charge in [-0.3, -0.25) is 0 Å². The number of nitrogens with two attached hydrogens (primary N) is 1. The lowest BCUT2D eigenvalue weighted by molar-refractivity contribution is 0.301. The zero-order chi connectivity index (χ0) is 14.7. The van der Waals surface area contributed by atoms with Gasteiger partial charge in [0.2, 0.25) is 0 Å². The maximum Gasteiger partial charge on any atom is 0.125 e. The van der Waals surface area contributed by atoms with Gasteiger partial charge in [0.25, 0.3) is 0 Å². The fraction of sp³-hybridized carbons (Fsp3) is 0.333. The van der Waals surface area contributed by atoms with Crippen molar-refractivity contribution in [2.24, 2.45) is 5.73 Å². The molecule has 0 spiro atoms. The van der Waals surface area contributed by atoms with Crippen molar-refractivity contribution in [2.45, 2.75) is 40.8 Å². The molecule has 2 N–H and O–H groups in total. The fourth-order valence-electron chi connectivity index (χ4n) is 2.69. The van der Waals surface area contributed by atoms with Crippen LogP contribution in [0.5, 0.6) is 5.75 Å². The van der Waals surface area contributed by atoms with Gasteiger partial charge in [0.05, 0.1) is 0 Å². The summed E-state index contributed by atoms with van der Waals surface area (Å²) in [7, 11) is 0. The van der Waals surface area contributed by atoms with E-state index < -0.39 is 0 Å². The standard InChI is InChI=1S/C18H23NO/c1-12-5-13(2)7-17(6-12)11-20-18-14(3)8-16(10-19)9-15(18)4/h5-9H,10-11,19H2,1-4H3. The Labute approximate surface area is 121 Å². The molecule has 0 atom stereocenters. The van der Waals surface area contributed by atoms with E-state index in [1.807, 2.05) is 0 Å². The van der Waals surface area contributed by atoms with Crippen LogP contribution in [0.1, 0.15) is 33.4 Å². The first-order chi connectivity index (χ1) is 9.49. The summed E-state index contributed by atoms with van der Waals surface area (Å²) in [6.45, 7) is 9.54. The van der Waals surface area contributed by atoms with Crippen molar-refractivity contribution in [3.63, 3.8) is 0 Å². The van der Waals surface area contributed by atoms with Crippen LogP contribution in [0, 0.1) is 27.7 Å².